The van der Waals surface area contributed by atoms with Crippen molar-refractivity contribution < 1.29 is 4.92 Å². The lowest BCUT2D eigenvalue weighted by Gasteiger charge is -2.06. The summed E-state index contributed by atoms with van der Waals surface area (Å²) in [7, 11) is 1.87. The van der Waals surface area contributed by atoms with Crippen LogP contribution in [0.3, 0.4) is 0 Å². The summed E-state index contributed by atoms with van der Waals surface area (Å²) in [6.07, 6.45) is 0. The van der Waals surface area contributed by atoms with Crippen LogP contribution in [0.2, 0.25) is 0 Å². The van der Waals surface area contributed by atoms with E-state index in [0.717, 1.165) is 11.4 Å². The molecular weight excluding hydrogens is 276 g/mol. The molecule has 0 aliphatic rings. The highest BCUT2D eigenvalue weighted by Crippen LogP contribution is 2.34. The lowest BCUT2D eigenvalue weighted by molar-refractivity contribution is -0.387. The molecule has 2 rings (SSSR count). The Hall–Kier alpha value is -1.89. The van der Waals surface area contributed by atoms with E-state index >= 15 is 0 Å². The summed E-state index contributed by atoms with van der Waals surface area (Å²) in [5, 5.41) is 20.0. The minimum absolute atomic E-state index is 0.101. The van der Waals surface area contributed by atoms with Crippen LogP contribution in [0.25, 0.3) is 0 Å². The van der Waals surface area contributed by atoms with Crippen molar-refractivity contribution in [3.05, 3.63) is 39.7 Å². The molecule has 0 bridgehead atoms. The van der Waals surface area contributed by atoms with E-state index in [4.69, 9.17) is 0 Å². The fourth-order valence-electron chi connectivity index (χ4n) is 1.87. The Morgan fingerprint density at radius 2 is 2.05 bits per heavy atom. The molecule has 7 heteroatoms. The molecule has 0 aliphatic carbocycles. The van der Waals surface area contributed by atoms with E-state index in [9.17, 15) is 10.1 Å². The molecule has 0 saturated carbocycles. The number of nitro groups is 1. The third-order valence-electron chi connectivity index (χ3n) is 2.90. The van der Waals surface area contributed by atoms with Crippen LogP contribution in [0.1, 0.15) is 31.2 Å². The summed E-state index contributed by atoms with van der Waals surface area (Å²) < 4.78 is 1.87. The van der Waals surface area contributed by atoms with E-state index in [0.29, 0.717) is 10.1 Å². The van der Waals surface area contributed by atoms with Crippen LogP contribution in [0.15, 0.2) is 28.3 Å². The summed E-state index contributed by atoms with van der Waals surface area (Å²) in [6, 6.07) is 5.18. The summed E-state index contributed by atoms with van der Waals surface area (Å²) in [5.74, 6) is 1.12. The van der Waals surface area contributed by atoms with Crippen LogP contribution in [0.4, 0.5) is 5.69 Å². The van der Waals surface area contributed by atoms with Crippen molar-refractivity contribution in [1.29, 1.82) is 0 Å². The highest BCUT2D eigenvalue weighted by atomic mass is 32.2. The first-order valence-corrected chi connectivity index (χ1v) is 7.04. The van der Waals surface area contributed by atoms with Crippen molar-refractivity contribution in [2.24, 2.45) is 7.05 Å². The van der Waals surface area contributed by atoms with Crippen LogP contribution >= 0.6 is 11.8 Å². The average Bonchev–Trinajstić information content (AvgIpc) is 2.73. The second-order valence-corrected chi connectivity index (χ2v) is 5.89. The molecule has 1 aromatic carbocycles. The lowest BCUT2D eigenvalue weighted by atomic mass is 10.2. The van der Waals surface area contributed by atoms with Crippen molar-refractivity contribution in [2.75, 3.05) is 0 Å². The molecule has 0 N–H and O–H groups in total. The monoisotopic (exact) mass is 292 g/mol. The van der Waals surface area contributed by atoms with E-state index in [-0.39, 0.29) is 16.5 Å². The zero-order chi connectivity index (χ0) is 14.9. The van der Waals surface area contributed by atoms with E-state index in [1.54, 1.807) is 12.1 Å². The quantitative estimate of drug-likeness (QED) is 0.638. The van der Waals surface area contributed by atoms with Gasteiger partial charge in [0.05, 0.1) is 9.82 Å². The second kappa shape index (κ2) is 5.62. The third kappa shape index (κ3) is 2.82. The van der Waals surface area contributed by atoms with Gasteiger partial charge in [-0.1, -0.05) is 19.9 Å². The molecule has 0 saturated heterocycles. The molecule has 20 heavy (non-hydrogen) atoms. The van der Waals surface area contributed by atoms with Crippen molar-refractivity contribution in [2.45, 2.75) is 36.7 Å². The Balaban J connectivity index is 2.38. The van der Waals surface area contributed by atoms with Crippen LogP contribution in [0, 0.1) is 17.0 Å². The number of hydrogen-bond donors (Lipinski definition) is 0. The van der Waals surface area contributed by atoms with Gasteiger partial charge >= 0.3 is 0 Å². The Bertz CT molecular complexity index is 652. The highest BCUT2D eigenvalue weighted by molar-refractivity contribution is 7.99. The maximum atomic E-state index is 11.1. The molecule has 0 amide bonds. The molecular formula is C13H16N4O2S. The van der Waals surface area contributed by atoms with E-state index < -0.39 is 0 Å². The van der Waals surface area contributed by atoms with Crippen LogP contribution in [0.5, 0.6) is 0 Å². The van der Waals surface area contributed by atoms with Crippen LogP contribution in [-0.2, 0) is 7.05 Å². The average molecular weight is 292 g/mol. The summed E-state index contributed by atoms with van der Waals surface area (Å²) in [4.78, 5) is 11.3. The maximum Gasteiger partial charge on any atom is 0.283 e. The van der Waals surface area contributed by atoms with Gasteiger partial charge in [-0.3, -0.25) is 10.1 Å². The fourth-order valence-corrected chi connectivity index (χ4v) is 2.76. The van der Waals surface area contributed by atoms with Crippen molar-refractivity contribution >= 4 is 17.4 Å². The molecule has 106 valence electrons. The van der Waals surface area contributed by atoms with Gasteiger partial charge in [-0.05, 0) is 30.3 Å². The van der Waals surface area contributed by atoms with Gasteiger partial charge < -0.3 is 4.57 Å². The number of aryl methyl sites for hydroxylation is 1. The zero-order valence-corrected chi connectivity index (χ0v) is 12.6. The summed E-state index contributed by atoms with van der Waals surface area (Å²) in [6.45, 7) is 5.90. The van der Waals surface area contributed by atoms with Gasteiger partial charge in [-0.25, -0.2) is 0 Å². The number of benzene rings is 1. The van der Waals surface area contributed by atoms with Gasteiger partial charge in [-0.2, -0.15) is 0 Å². The molecule has 0 spiro atoms. The predicted molar refractivity (Wildman–Crippen MR) is 77.0 cm³/mol. The Kier molecular flexibility index (Phi) is 4.08. The van der Waals surface area contributed by atoms with Gasteiger partial charge in [0.1, 0.15) is 5.82 Å². The highest BCUT2D eigenvalue weighted by Gasteiger charge is 2.19. The lowest BCUT2D eigenvalue weighted by Crippen LogP contribution is -2.01. The molecule has 0 aliphatic heterocycles. The topological polar surface area (TPSA) is 73.8 Å². The number of nitro benzene ring substituents is 1. The van der Waals surface area contributed by atoms with E-state index in [1.165, 1.54) is 11.8 Å². The predicted octanol–water partition coefficient (Wildman–Crippen LogP) is 3.31. The first-order chi connectivity index (χ1) is 9.40. The first kappa shape index (κ1) is 14.5. The standard InChI is InChI=1S/C13H16N4O2S/c1-8(2)12-14-15-13(16(12)4)20-11-6-5-9(3)7-10(11)17(18)19/h5-8H,1-4H3. The molecule has 2 aromatic rings. The first-order valence-electron chi connectivity index (χ1n) is 6.22. The molecule has 6 nitrogen and oxygen atoms in total. The minimum atomic E-state index is -0.366. The number of nitrogens with zero attached hydrogens (tertiary/aromatic N) is 4. The normalized spacial score (nSPS) is 11.1. The van der Waals surface area contributed by atoms with E-state index in [1.807, 2.05) is 38.5 Å². The van der Waals surface area contributed by atoms with Gasteiger partial charge in [0, 0.05) is 19.0 Å². The number of rotatable bonds is 4. The zero-order valence-electron chi connectivity index (χ0n) is 11.8. The van der Waals surface area contributed by atoms with Crippen molar-refractivity contribution in [3.63, 3.8) is 0 Å². The van der Waals surface area contributed by atoms with Crippen LogP contribution < -0.4 is 0 Å². The van der Waals surface area contributed by atoms with Gasteiger partial charge in [0.15, 0.2) is 5.16 Å². The Labute approximate surface area is 121 Å². The molecule has 0 radical (unpaired) electrons. The van der Waals surface area contributed by atoms with Gasteiger partial charge in [0.2, 0.25) is 0 Å². The largest absolute Gasteiger partial charge is 0.309 e. The second-order valence-electron chi connectivity index (χ2n) is 4.88. The Morgan fingerprint density at radius 1 is 1.35 bits per heavy atom. The van der Waals surface area contributed by atoms with Crippen molar-refractivity contribution in [3.8, 4) is 0 Å². The molecule has 0 fully saturated rings. The molecule has 0 atom stereocenters. The minimum Gasteiger partial charge on any atom is -0.309 e. The summed E-state index contributed by atoms with van der Waals surface area (Å²) >= 11 is 1.26. The van der Waals surface area contributed by atoms with Crippen molar-refractivity contribution in [1.82, 2.24) is 14.8 Å². The smallest absolute Gasteiger partial charge is 0.283 e. The number of aromatic nitrogens is 3. The molecule has 1 heterocycles. The van der Waals surface area contributed by atoms with E-state index in [2.05, 4.69) is 10.2 Å². The van der Waals surface area contributed by atoms with Gasteiger partial charge in [-0.15, -0.1) is 10.2 Å². The van der Waals surface area contributed by atoms with Crippen LogP contribution in [-0.4, -0.2) is 19.7 Å². The maximum absolute atomic E-state index is 11.1. The molecule has 0 unspecified atom stereocenters. The molecule has 1 aromatic heterocycles. The summed E-state index contributed by atoms with van der Waals surface area (Å²) in [5.41, 5.74) is 0.964. The fraction of sp³-hybridized carbons (Fsp3) is 0.385. The SMILES string of the molecule is Cc1ccc(Sc2nnc(C(C)C)n2C)c([N+](=O)[O-])c1. The Morgan fingerprint density at radius 3 is 2.60 bits per heavy atom. The van der Waals surface area contributed by atoms with Gasteiger partial charge in [0.25, 0.3) is 5.69 Å². The number of hydrogen-bond acceptors (Lipinski definition) is 5. The third-order valence-corrected chi connectivity index (χ3v) is 4.00.